The van der Waals surface area contributed by atoms with Gasteiger partial charge in [-0.1, -0.05) is 53.6 Å². The molecule has 3 aromatic carbocycles. The van der Waals surface area contributed by atoms with Crippen LogP contribution in [0, 0.1) is 0 Å². The van der Waals surface area contributed by atoms with E-state index in [0.717, 1.165) is 16.7 Å². The highest BCUT2D eigenvalue weighted by Crippen LogP contribution is 2.24. The summed E-state index contributed by atoms with van der Waals surface area (Å²) in [7, 11) is 0. The Hall–Kier alpha value is -4.46. The van der Waals surface area contributed by atoms with Gasteiger partial charge in [0, 0.05) is 6.54 Å². The van der Waals surface area contributed by atoms with Crippen molar-refractivity contribution in [2.24, 2.45) is 0 Å². The number of alkyl carbamates (subject to hydrolysis) is 1. The number of hydrogen-bond donors (Lipinski definition) is 1. The number of hydrogen-bond acceptors (Lipinski definition) is 6. The Morgan fingerprint density at radius 2 is 1.31 bits per heavy atom. The number of nitrogens with zero attached hydrogens (tertiary/aromatic N) is 1. The van der Waals surface area contributed by atoms with Crippen LogP contribution in [0.5, 0.6) is 0 Å². The van der Waals surface area contributed by atoms with Crippen LogP contribution >= 0.6 is 0 Å². The molecule has 1 aliphatic heterocycles. The molecule has 0 bridgehead atoms. The van der Waals surface area contributed by atoms with E-state index >= 15 is 0 Å². The Bertz CT molecular complexity index is 1260. The first-order valence-corrected chi connectivity index (χ1v) is 11.0. The number of hydroxylamine groups is 2. The van der Waals surface area contributed by atoms with Crippen molar-refractivity contribution in [2.45, 2.75) is 32.9 Å². The van der Waals surface area contributed by atoms with Gasteiger partial charge in [-0.15, -0.1) is 0 Å². The number of rotatable bonds is 5. The number of amides is 3. The van der Waals surface area contributed by atoms with E-state index in [0.29, 0.717) is 11.6 Å². The standard InChI is InChI=1S/C27H24N2O6/c1-27(2,3)34-26(33)28-16-17-8-10-18(11-9-17)19-12-14-20(15-13-19)25(32)35-29-23(30)21-6-4-5-7-22(21)24(29)31/h4-15H,16H2,1-3H3,(H,28,33). The first kappa shape index (κ1) is 23.7. The zero-order chi connectivity index (χ0) is 25.2. The van der Waals surface area contributed by atoms with Crippen LogP contribution in [-0.2, 0) is 16.1 Å². The largest absolute Gasteiger partial charge is 0.444 e. The van der Waals surface area contributed by atoms with Gasteiger partial charge in [-0.05, 0) is 61.7 Å². The molecule has 3 amide bonds. The second-order valence-electron chi connectivity index (χ2n) is 8.96. The summed E-state index contributed by atoms with van der Waals surface area (Å²) in [6.45, 7) is 5.74. The van der Waals surface area contributed by atoms with Gasteiger partial charge in [-0.3, -0.25) is 9.59 Å². The summed E-state index contributed by atoms with van der Waals surface area (Å²) in [5.74, 6) is -2.15. The van der Waals surface area contributed by atoms with Crippen LogP contribution in [0.1, 0.15) is 57.4 Å². The van der Waals surface area contributed by atoms with Crippen molar-refractivity contribution in [3.05, 3.63) is 95.1 Å². The minimum Gasteiger partial charge on any atom is -0.444 e. The first-order chi connectivity index (χ1) is 16.6. The Morgan fingerprint density at radius 1 is 0.800 bits per heavy atom. The summed E-state index contributed by atoms with van der Waals surface area (Å²) in [6, 6.07) is 20.5. The molecule has 0 aromatic heterocycles. The van der Waals surface area contributed by atoms with Gasteiger partial charge in [0.1, 0.15) is 5.60 Å². The lowest BCUT2D eigenvalue weighted by Gasteiger charge is -2.19. The average molecular weight is 472 g/mol. The van der Waals surface area contributed by atoms with Crippen LogP contribution < -0.4 is 5.32 Å². The molecule has 0 aliphatic carbocycles. The Morgan fingerprint density at radius 3 is 1.83 bits per heavy atom. The quantitative estimate of drug-likeness (QED) is 0.538. The molecule has 0 fully saturated rings. The Kier molecular flexibility index (Phi) is 6.38. The van der Waals surface area contributed by atoms with Crippen LogP contribution in [0.3, 0.4) is 0 Å². The van der Waals surface area contributed by atoms with Gasteiger partial charge in [0.2, 0.25) is 0 Å². The van der Waals surface area contributed by atoms with E-state index in [1.165, 1.54) is 12.1 Å². The second kappa shape index (κ2) is 9.42. The summed E-state index contributed by atoms with van der Waals surface area (Å²) in [4.78, 5) is 54.2. The van der Waals surface area contributed by atoms with Crippen LogP contribution in [0.25, 0.3) is 11.1 Å². The van der Waals surface area contributed by atoms with Crippen molar-refractivity contribution in [3.63, 3.8) is 0 Å². The molecule has 1 heterocycles. The summed E-state index contributed by atoms with van der Waals surface area (Å²) in [5, 5.41) is 3.20. The molecule has 4 rings (SSSR count). The van der Waals surface area contributed by atoms with Crippen molar-refractivity contribution < 1.29 is 28.8 Å². The third kappa shape index (κ3) is 5.38. The summed E-state index contributed by atoms with van der Waals surface area (Å²) in [6.07, 6.45) is -0.481. The summed E-state index contributed by atoms with van der Waals surface area (Å²) >= 11 is 0. The van der Waals surface area contributed by atoms with Crippen LogP contribution in [0.2, 0.25) is 0 Å². The lowest BCUT2D eigenvalue weighted by Crippen LogP contribution is -2.32. The SMILES string of the molecule is CC(C)(C)OC(=O)NCc1ccc(-c2ccc(C(=O)ON3C(=O)c4ccccc4C3=O)cc2)cc1. The Balaban J connectivity index is 1.37. The number of benzene rings is 3. The lowest BCUT2D eigenvalue weighted by atomic mass is 10.0. The predicted octanol–water partition coefficient (Wildman–Crippen LogP) is 4.75. The molecule has 0 saturated carbocycles. The van der Waals surface area contributed by atoms with Crippen molar-refractivity contribution >= 4 is 23.9 Å². The van der Waals surface area contributed by atoms with E-state index in [2.05, 4.69) is 5.32 Å². The van der Waals surface area contributed by atoms with Crippen LogP contribution in [0.4, 0.5) is 4.79 Å². The molecule has 35 heavy (non-hydrogen) atoms. The minimum absolute atomic E-state index is 0.198. The number of nitrogens with one attached hydrogen (secondary N) is 1. The first-order valence-electron chi connectivity index (χ1n) is 11.0. The maximum atomic E-state index is 12.5. The monoisotopic (exact) mass is 472 g/mol. The van der Waals surface area contributed by atoms with Gasteiger partial charge in [0.05, 0.1) is 16.7 Å². The lowest BCUT2D eigenvalue weighted by molar-refractivity contribution is -0.0584. The smallest absolute Gasteiger partial charge is 0.407 e. The van der Waals surface area contributed by atoms with Crippen molar-refractivity contribution in [2.75, 3.05) is 0 Å². The van der Waals surface area contributed by atoms with E-state index in [4.69, 9.17) is 9.57 Å². The molecule has 0 atom stereocenters. The summed E-state index contributed by atoms with van der Waals surface area (Å²) < 4.78 is 5.22. The fraction of sp³-hybridized carbons (Fsp3) is 0.185. The predicted molar refractivity (Wildman–Crippen MR) is 127 cm³/mol. The molecule has 1 N–H and O–H groups in total. The van der Waals surface area contributed by atoms with Crippen LogP contribution in [0.15, 0.2) is 72.8 Å². The highest BCUT2D eigenvalue weighted by molar-refractivity contribution is 6.21. The third-order valence-corrected chi connectivity index (χ3v) is 5.17. The second-order valence-corrected chi connectivity index (χ2v) is 8.96. The fourth-order valence-corrected chi connectivity index (χ4v) is 3.49. The van der Waals surface area contributed by atoms with Gasteiger partial charge < -0.3 is 14.9 Å². The molecular formula is C27H24N2O6. The van der Waals surface area contributed by atoms with Gasteiger partial charge in [-0.25, -0.2) is 9.59 Å². The van der Waals surface area contributed by atoms with Crippen molar-refractivity contribution in [3.8, 4) is 11.1 Å². The molecule has 3 aromatic rings. The van der Waals surface area contributed by atoms with Crippen LogP contribution in [-0.4, -0.2) is 34.5 Å². The average Bonchev–Trinajstić information content (AvgIpc) is 3.07. The molecule has 1 aliphatic rings. The van der Waals surface area contributed by atoms with Gasteiger partial charge >= 0.3 is 12.1 Å². The highest BCUT2D eigenvalue weighted by Gasteiger charge is 2.38. The van der Waals surface area contributed by atoms with E-state index in [1.807, 2.05) is 24.3 Å². The molecular weight excluding hydrogens is 448 g/mol. The van der Waals surface area contributed by atoms with Gasteiger partial charge in [0.25, 0.3) is 11.8 Å². The Labute approximate surface area is 202 Å². The number of carbonyl (C=O) groups excluding carboxylic acids is 4. The van der Waals surface area contributed by atoms with E-state index in [-0.39, 0.29) is 16.7 Å². The number of fused-ring (bicyclic) bond motifs is 1. The maximum Gasteiger partial charge on any atom is 0.407 e. The maximum absolute atomic E-state index is 12.5. The molecule has 8 heteroatoms. The molecule has 178 valence electrons. The van der Waals surface area contributed by atoms with Crippen molar-refractivity contribution in [1.82, 2.24) is 10.4 Å². The van der Waals surface area contributed by atoms with Gasteiger partial charge in [-0.2, -0.15) is 0 Å². The molecule has 8 nitrogen and oxygen atoms in total. The summed E-state index contributed by atoms with van der Waals surface area (Å²) in [5.41, 5.74) is 2.71. The van der Waals surface area contributed by atoms with E-state index in [9.17, 15) is 19.2 Å². The van der Waals surface area contributed by atoms with E-state index < -0.39 is 29.5 Å². The molecule has 0 saturated heterocycles. The molecule has 0 spiro atoms. The topological polar surface area (TPSA) is 102 Å². The normalized spacial score (nSPS) is 12.8. The zero-order valence-corrected chi connectivity index (χ0v) is 19.5. The number of imide groups is 1. The van der Waals surface area contributed by atoms with Crippen molar-refractivity contribution in [1.29, 1.82) is 0 Å². The highest BCUT2D eigenvalue weighted by atomic mass is 16.7. The van der Waals surface area contributed by atoms with E-state index in [1.54, 1.807) is 57.2 Å². The fourth-order valence-electron chi connectivity index (χ4n) is 3.49. The number of ether oxygens (including phenoxy) is 1. The third-order valence-electron chi connectivity index (χ3n) is 5.17. The zero-order valence-electron chi connectivity index (χ0n) is 19.5. The van der Waals surface area contributed by atoms with Gasteiger partial charge in [0.15, 0.2) is 0 Å². The minimum atomic E-state index is -0.811. The molecule has 0 radical (unpaired) electrons. The molecule has 0 unspecified atom stereocenters. The number of carbonyl (C=O) groups is 4.